The second kappa shape index (κ2) is 9.28. The van der Waals surface area contributed by atoms with Crippen molar-refractivity contribution in [3.63, 3.8) is 0 Å². The van der Waals surface area contributed by atoms with Gasteiger partial charge in [0.15, 0.2) is 5.16 Å². The molecule has 4 aromatic rings. The molecule has 0 radical (unpaired) electrons. The van der Waals surface area contributed by atoms with E-state index >= 15 is 0 Å². The molecule has 1 N–H and O–H groups in total. The highest BCUT2D eigenvalue weighted by Crippen LogP contribution is 2.29. The minimum atomic E-state index is -0.502. The van der Waals surface area contributed by atoms with Crippen LogP contribution in [-0.2, 0) is 9.53 Å². The van der Waals surface area contributed by atoms with Crippen LogP contribution in [0, 0.1) is 0 Å². The molecule has 1 aromatic heterocycles. The first-order valence-electron chi connectivity index (χ1n) is 9.53. The van der Waals surface area contributed by atoms with E-state index in [2.05, 4.69) is 10.5 Å². The van der Waals surface area contributed by atoms with Gasteiger partial charge in [0.05, 0.1) is 23.3 Å². The fourth-order valence-corrected chi connectivity index (χ4v) is 3.76. The number of fused-ring (bicyclic) bond motifs is 1. The summed E-state index contributed by atoms with van der Waals surface area (Å²) < 4.78 is 7.23. The topological polar surface area (TPSA) is 68.5 Å². The Morgan fingerprint density at radius 1 is 1.00 bits per heavy atom. The third-order valence-corrected chi connectivity index (χ3v) is 5.15. The van der Waals surface area contributed by atoms with Gasteiger partial charge in [-0.25, -0.2) is 9.78 Å². The molecular weight excluding hydrogens is 396 g/mol. The molecular formula is C23H20N4O2S. The van der Waals surface area contributed by atoms with Crippen LogP contribution in [0.2, 0.25) is 0 Å². The third-order valence-electron chi connectivity index (χ3n) is 4.24. The minimum Gasteiger partial charge on any atom is -0.461 e. The van der Waals surface area contributed by atoms with Crippen LogP contribution in [0.3, 0.4) is 0 Å². The summed E-state index contributed by atoms with van der Waals surface area (Å²) in [5.41, 5.74) is 6.44. The van der Waals surface area contributed by atoms with Crippen LogP contribution < -0.4 is 5.43 Å². The summed E-state index contributed by atoms with van der Waals surface area (Å²) in [5.74, 6) is -0.502. The quantitative estimate of drug-likeness (QED) is 0.161. The number of anilines is 1. The van der Waals surface area contributed by atoms with Crippen molar-refractivity contribution in [3.8, 4) is 5.69 Å². The first-order valence-corrected chi connectivity index (χ1v) is 10.3. The molecule has 4 rings (SSSR count). The lowest BCUT2D eigenvalue weighted by atomic mass is 10.3. The van der Waals surface area contributed by atoms with Crippen molar-refractivity contribution in [1.29, 1.82) is 0 Å². The summed E-state index contributed by atoms with van der Waals surface area (Å²) in [7, 11) is 0. The van der Waals surface area contributed by atoms with Crippen LogP contribution in [0.4, 0.5) is 5.69 Å². The number of hydrogen-bond donors (Lipinski definition) is 1. The highest BCUT2D eigenvalue weighted by atomic mass is 32.2. The Labute approximate surface area is 178 Å². The number of nitrogens with zero attached hydrogens (tertiary/aromatic N) is 3. The number of ether oxygens (including phenoxy) is 1. The number of thioether (sulfide) groups is 1. The minimum absolute atomic E-state index is 0.174. The molecule has 7 heteroatoms. The fraction of sp³-hybridized carbons (Fsp3) is 0.0870. The van der Waals surface area contributed by atoms with Crippen molar-refractivity contribution in [2.45, 2.75) is 12.1 Å². The zero-order valence-electron chi connectivity index (χ0n) is 16.4. The molecule has 30 heavy (non-hydrogen) atoms. The smallest absolute Gasteiger partial charge is 0.365 e. The van der Waals surface area contributed by atoms with Crippen LogP contribution in [0.5, 0.6) is 0 Å². The van der Waals surface area contributed by atoms with Gasteiger partial charge in [-0.1, -0.05) is 48.5 Å². The van der Waals surface area contributed by atoms with Crippen molar-refractivity contribution in [2.75, 3.05) is 12.0 Å². The van der Waals surface area contributed by atoms with Crippen molar-refractivity contribution < 1.29 is 9.53 Å². The first-order chi connectivity index (χ1) is 14.8. The van der Waals surface area contributed by atoms with E-state index in [1.165, 1.54) is 11.8 Å². The van der Waals surface area contributed by atoms with Gasteiger partial charge in [0.2, 0.25) is 5.04 Å². The Kier molecular flexibility index (Phi) is 6.10. The Balaban J connectivity index is 1.75. The lowest BCUT2D eigenvalue weighted by Gasteiger charge is -2.10. The maximum atomic E-state index is 12.6. The summed E-state index contributed by atoms with van der Waals surface area (Å²) >= 11 is 1.17. The zero-order chi connectivity index (χ0) is 20.8. The van der Waals surface area contributed by atoms with Gasteiger partial charge in [-0.3, -0.25) is 9.99 Å². The summed E-state index contributed by atoms with van der Waals surface area (Å²) in [4.78, 5) is 17.3. The average Bonchev–Trinajstić information content (AvgIpc) is 3.16. The summed E-state index contributed by atoms with van der Waals surface area (Å²) in [6.07, 6.45) is 0. The van der Waals surface area contributed by atoms with Crippen molar-refractivity contribution in [1.82, 2.24) is 9.55 Å². The standard InChI is InChI=1S/C23H20N4O2S/c1-2-29-22(28)21(26-25-17-11-5-3-6-12-17)30-23-24-19-15-9-10-16-20(19)27(23)18-13-7-4-8-14-18/h3-16,25H,2H2,1H3/b26-21+. The molecule has 0 amide bonds. The predicted molar refractivity (Wildman–Crippen MR) is 121 cm³/mol. The van der Waals surface area contributed by atoms with Gasteiger partial charge >= 0.3 is 5.97 Å². The molecule has 0 saturated carbocycles. The Morgan fingerprint density at radius 2 is 1.67 bits per heavy atom. The molecule has 0 fully saturated rings. The molecule has 0 atom stereocenters. The number of hydrazone groups is 1. The number of para-hydroxylation sites is 4. The van der Waals surface area contributed by atoms with E-state index in [0.717, 1.165) is 22.4 Å². The molecule has 3 aromatic carbocycles. The lowest BCUT2D eigenvalue weighted by Crippen LogP contribution is -2.16. The number of carbonyl (C=O) groups is 1. The van der Waals surface area contributed by atoms with Gasteiger partial charge in [-0.15, -0.1) is 0 Å². The molecule has 0 unspecified atom stereocenters. The van der Waals surface area contributed by atoms with E-state index in [9.17, 15) is 4.79 Å². The molecule has 0 aliphatic carbocycles. The predicted octanol–water partition coefficient (Wildman–Crippen LogP) is 5.11. The number of rotatable bonds is 5. The van der Waals surface area contributed by atoms with E-state index in [1.807, 2.05) is 89.5 Å². The Hall–Kier alpha value is -3.58. The molecule has 0 bridgehead atoms. The van der Waals surface area contributed by atoms with Gasteiger partial charge in [0, 0.05) is 5.69 Å². The number of carbonyl (C=O) groups excluding carboxylic acids is 1. The maximum absolute atomic E-state index is 12.6. The number of hydrogen-bond acceptors (Lipinski definition) is 6. The molecule has 0 aliphatic heterocycles. The summed E-state index contributed by atoms with van der Waals surface area (Å²) in [6.45, 7) is 2.03. The van der Waals surface area contributed by atoms with E-state index < -0.39 is 5.97 Å². The third kappa shape index (κ3) is 4.36. The highest BCUT2D eigenvalue weighted by Gasteiger charge is 2.21. The monoisotopic (exact) mass is 416 g/mol. The first kappa shape index (κ1) is 19.7. The van der Waals surface area contributed by atoms with Crippen LogP contribution in [0.1, 0.15) is 6.92 Å². The van der Waals surface area contributed by atoms with Gasteiger partial charge in [-0.05, 0) is 55.1 Å². The molecule has 6 nitrogen and oxygen atoms in total. The summed E-state index contributed by atoms with van der Waals surface area (Å²) in [6, 6.07) is 27.2. The number of aromatic nitrogens is 2. The van der Waals surface area contributed by atoms with Crippen LogP contribution in [0.15, 0.2) is 95.2 Å². The second-order valence-electron chi connectivity index (χ2n) is 6.27. The zero-order valence-corrected chi connectivity index (χ0v) is 17.2. The average molecular weight is 417 g/mol. The molecule has 0 spiro atoms. The van der Waals surface area contributed by atoms with Crippen molar-refractivity contribution in [2.24, 2.45) is 5.10 Å². The molecule has 0 aliphatic rings. The van der Waals surface area contributed by atoms with Crippen molar-refractivity contribution in [3.05, 3.63) is 84.9 Å². The van der Waals surface area contributed by atoms with Gasteiger partial charge in [-0.2, -0.15) is 5.10 Å². The van der Waals surface area contributed by atoms with Crippen molar-refractivity contribution >= 4 is 39.5 Å². The second-order valence-corrected chi connectivity index (χ2v) is 7.23. The van der Waals surface area contributed by atoms with Gasteiger partial charge in [0.25, 0.3) is 0 Å². The maximum Gasteiger partial charge on any atom is 0.365 e. The van der Waals surface area contributed by atoms with Crippen LogP contribution in [-0.4, -0.2) is 27.2 Å². The molecule has 150 valence electrons. The number of nitrogens with one attached hydrogen (secondary N) is 1. The SMILES string of the molecule is CCOC(=O)/C(=N\Nc1ccccc1)Sc1nc2ccccc2n1-c1ccccc1. The molecule has 1 heterocycles. The van der Waals surface area contributed by atoms with Gasteiger partial charge in [0.1, 0.15) is 0 Å². The van der Waals surface area contributed by atoms with E-state index in [-0.39, 0.29) is 11.7 Å². The lowest BCUT2D eigenvalue weighted by molar-refractivity contribution is -0.134. The Morgan fingerprint density at radius 3 is 2.40 bits per heavy atom. The molecule has 0 saturated heterocycles. The number of esters is 1. The van der Waals surface area contributed by atoms with E-state index in [0.29, 0.717) is 5.16 Å². The normalized spacial score (nSPS) is 11.4. The van der Waals surface area contributed by atoms with E-state index in [1.54, 1.807) is 6.92 Å². The van der Waals surface area contributed by atoms with Crippen LogP contribution in [0.25, 0.3) is 16.7 Å². The Bertz CT molecular complexity index is 1170. The van der Waals surface area contributed by atoms with E-state index in [4.69, 9.17) is 9.72 Å². The number of imidazole rings is 1. The fourth-order valence-electron chi connectivity index (χ4n) is 2.92. The number of benzene rings is 3. The summed E-state index contributed by atoms with van der Waals surface area (Å²) in [5, 5.41) is 5.12. The largest absolute Gasteiger partial charge is 0.461 e. The van der Waals surface area contributed by atoms with Gasteiger partial charge < -0.3 is 4.74 Å². The van der Waals surface area contributed by atoms with Crippen LogP contribution >= 0.6 is 11.8 Å². The highest BCUT2D eigenvalue weighted by molar-refractivity contribution is 8.15.